The first kappa shape index (κ1) is 15.1. The van der Waals surface area contributed by atoms with Gasteiger partial charge in [-0.25, -0.2) is 0 Å². The van der Waals surface area contributed by atoms with Crippen LogP contribution >= 0.6 is 0 Å². The summed E-state index contributed by atoms with van der Waals surface area (Å²) in [6.45, 7) is 2.68. The van der Waals surface area contributed by atoms with Gasteiger partial charge in [-0.15, -0.1) is 0 Å². The Morgan fingerprint density at radius 1 is 1.40 bits per heavy atom. The van der Waals surface area contributed by atoms with Crippen molar-refractivity contribution < 1.29 is 14.6 Å². The molecular weight excluding hydrogens is 254 g/mol. The van der Waals surface area contributed by atoms with Crippen molar-refractivity contribution in [1.82, 2.24) is 0 Å². The van der Waals surface area contributed by atoms with Crippen molar-refractivity contribution >= 4 is 0 Å². The minimum absolute atomic E-state index is 0.0610. The largest absolute Gasteiger partial charge is 0.493 e. The highest BCUT2D eigenvalue weighted by Gasteiger charge is 2.38. The summed E-state index contributed by atoms with van der Waals surface area (Å²) >= 11 is 0. The molecule has 2 atom stereocenters. The zero-order chi connectivity index (χ0) is 14.6. The fourth-order valence-electron chi connectivity index (χ4n) is 3.01. The Labute approximate surface area is 120 Å². The van der Waals surface area contributed by atoms with Gasteiger partial charge in [0, 0.05) is 5.54 Å². The number of aryl methyl sites for hydroxylation is 1. The molecule has 1 aromatic carbocycles. The van der Waals surface area contributed by atoms with Crippen molar-refractivity contribution in [1.29, 1.82) is 0 Å². The van der Waals surface area contributed by atoms with Crippen LogP contribution in [0.2, 0.25) is 0 Å². The first-order chi connectivity index (χ1) is 9.59. The standard InChI is InChI=1S/C16H25NO3/c1-12-5-6-14(15(10-12)19-2)20-9-7-13-4-3-8-16(13,17)11-18/h5-6,10,13,18H,3-4,7-9,11,17H2,1-2H3. The number of rotatable bonds is 6. The number of hydrogen-bond acceptors (Lipinski definition) is 4. The normalized spacial score (nSPS) is 25.7. The lowest BCUT2D eigenvalue weighted by molar-refractivity contribution is 0.142. The summed E-state index contributed by atoms with van der Waals surface area (Å²) < 4.78 is 11.1. The second-order valence-electron chi connectivity index (χ2n) is 5.77. The molecule has 1 aliphatic carbocycles. The maximum Gasteiger partial charge on any atom is 0.161 e. The molecule has 3 N–H and O–H groups in total. The molecule has 4 heteroatoms. The number of ether oxygens (including phenoxy) is 2. The Kier molecular flexibility index (Phi) is 4.89. The summed E-state index contributed by atoms with van der Waals surface area (Å²) in [5.74, 6) is 1.87. The van der Waals surface area contributed by atoms with E-state index < -0.39 is 5.54 Å². The Balaban J connectivity index is 1.90. The molecule has 0 spiro atoms. The van der Waals surface area contributed by atoms with E-state index in [-0.39, 0.29) is 6.61 Å². The topological polar surface area (TPSA) is 64.7 Å². The van der Waals surface area contributed by atoms with E-state index in [9.17, 15) is 5.11 Å². The van der Waals surface area contributed by atoms with E-state index in [4.69, 9.17) is 15.2 Å². The van der Waals surface area contributed by atoms with Crippen molar-refractivity contribution in [2.24, 2.45) is 11.7 Å². The third-order valence-corrected chi connectivity index (χ3v) is 4.35. The van der Waals surface area contributed by atoms with Gasteiger partial charge in [0.2, 0.25) is 0 Å². The minimum Gasteiger partial charge on any atom is -0.493 e. The molecular formula is C16H25NO3. The fourth-order valence-corrected chi connectivity index (χ4v) is 3.01. The van der Waals surface area contributed by atoms with Gasteiger partial charge in [0.05, 0.1) is 20.3 Å². The predicted molar refractivity (Wildman–Crippen MR) is 79.2 cm³/mol. The molecule has 0 bridgehead atoms. The van der Waals surface area contributed by atoms with E-state index >= 15 is 0 Å². The first-order valence-electron chi connectivity index (χ1n) is 7.26. The summed E-state index contributed by atoms with van der Waals surface area (Å²) in [6, 6.07) is 5.91. The molecule has 0 saturated heterocycles. The van der Waals surface area contributed by atoms with Crippen LogP contribution in [0.4, 0.5) is 0 Å². The molecule has 0 aromatic heterocycles. The van der Waals surface area contributed by atoms with Gasteiger partial charge < -0.3 is 20.3 Å². The smallest absolute Gasteiger partial charge is 0.161 e. The molecule has 2 rings (SSSR count). The summed E-state index contributed by atoms with van der Waals surface area (Å²) in [6.07, 6.45) is 3.94. The monoisotopic (exact) mass is 279 g/mol. The predicted octanol–water partition coefficient (Wildman–Crippen LogP) is 2.26. The fraction of sp³-hybridized carbons (Fsp3) is 0.625. The van der Waals surface area contributed by atoms with Gasteiger partial charge in [0.15, 0.2) is 11.5 Å². The summed E-state index contributed by atoms with van der Waals surface area (Å²) in [5.41, 5.74) is 6.96. The average molecular weight is 279 g/mol. The van der Waals surface area contributed by atoms with Crippen LogP contribution in [-0.4, -0.2) is 31.0 Å². The molecule has 4 nitrogen and oxygen atoms in total. The molecule has 0 amide bonds. The lowest BCUT2D eigenvalue weighted by Gasteiger charge is -2.29. The Hall–Kier alpha value is -1.26. The molecule has 1 aliphatic rings. The number of hydrogen-bond donors (Lipinski definition) is 2. The van der Waals surface area contributed by atoms with Crippen LogP contribution in [0.5, 0.6) is 11.5 Å². The van der Waals surface area contributed by atoms with Gasteiger partial charge in [0.25, 0.3) is 0 Å². The molecule has 1 aromatic rings. The van der Waals surface area contributed by atoms with E-state index in [2.05, 4.69) is 0 Å². The molecule has 1 saturated carbocycles. The summed E-state index contributed by atoms with van der Waals surface area (Å²) in [5, 5.41) is 9.44. The number of benzene rings is 1. The lowest BCUT2D eigenvalue weighted by Crippen LogP contribution is -2.47. The third kappa shape index (κ3) is 3.25. The van der Waals surface area contributed by atoms with Gasteiger partial charge in [-0.05, 0) is 49.8 Å². The molecule has 112 valence electrons. The van der Waals surface area contributed by atoms with Crippen molar-refractivity contribution in [2.75, 3.05) is 20.3 Å². The number of aliphatic hydroxyl groups excluding tert-OH is 1. The molecule has 0 radical (unpaired) electrons. The summed E-state index contributed by atoms with van der Waals surface area (Å²) in [7, 11) is 1.65. The average Bonchev–Trinajstić information content (AvgIpc) is 2.82. The highest BCUT2D eigenvalue weighted by atomic mass is 16.5. The molecule has 20 heavy (non-hydrogen) atoms. The second-order valence-corrected chi connectivity index (χ2v) is 5.77. The van der Waals surface area contributed by atoms with Gasteiger partial charge in [-0.2, -0.15) is 0 Å². The van der Waals surface area contributed by atoms with E-state index in [0.717, 1.165) is 42.7 Å². The zero-order valence-electron chi connectivity index (χ0n) is 12.4. The van der Waals surface area contributed by atoms with Crippen molar-refractivity contribution in [2.45, 2.75) is 38.1 Å². The Bertz CT molecular complexity index is 449. The molecule has 2 unspecified atom stereocenters. The maximum absolute atomic E-state index is 9.44. The van der Waals surface area contributed by atoms with Gasteiger partial charge >= 0.3 is 0 Å². The minimum atomic E-state index is -0.416. The van der Waals surface area contributed by atoms with Gasteiger partial charge in [-0.3, -0.25) is 0 Å². The maximum atomic E-state index is 9.44. The molecule has 1 fully saturated rings. The van der Waals surface area contributed by atoms with E-state index in [1.54, 1.807) is 7.11 Å². The quantitative estimate of drug-likeness (QED) is 0.838. The van der Waals surface area contributed by atoms with Crippen LogP contribution < -0.4 is 15.2 Å². The summed E-state index contributed by atoms with van der Waals surface area (Å²) in [4.78, 5) is 0. The number of methoxy groups -OCH3 is 1. The Morgan fingerprint density at radius 3 is 2.90 bits per heavy atom. The van der Waals surface area contributed by atoms with Crippen LogP contribution in [0.25, 0.3) is 0 Å². The molecule has 0 heterocycles. The van der Waals surface area contributed by atoms with Crippen LogP contribution in [-0.2, 0) is 0 Å². The van der Waals surface area contributed by atoms with Crippen LogP contribution in [0, 0.1) is 12.8 Å². The highest BCUT2D eigenvalue weighted by molar-refractivity contribution is 5.42. The van der Waals surface area contributed by atoms with Crippen LogP contribution in [0.1, 0.15) is 31.2 Å². The SMILES string of the molecule is COc1cc(C)ccc1OCCC1CCCC1(N)CO. The second kappa shape index (κ2) is 6.46. The van der Waals surface area contributed by atoms with E-state index in [1.807, 2.05) is 25.1 Å². The van der Waals surface area contributed by atoms with Gasteiger partial charge in [-0.1, -0.05) is 12.5 Å². The Morgan fingerprint density at radius 2 is 2.20 bits per heavy atom. The third-order valence-electron chi connectivity index (χ3n) is 4.35. The van der Waals surface area contributed by atoms with E-state index in [1.165, 1.54) is 0 Å². The number of aliphatic hydroxyl groups is 1. The molecule has 0 aliphatic heterocycles. The zero-order valence-corrected chi connectivity index (χ0v) is 12.4. The van der Waals surface area contributed by atoms with Gasteiger partial charge in [0.1, 0.15) is 0 Å². The highest BCUT2D eigenvalue weighted by Crippen LogP contribution is 2.36. The first-order valence-corrected chi connectivity index (χ1v) is 7.26. The van der Waals surface area contributed by atoms with Crippen molar-refractivity contribution in [3.8, 4) is 11.5 Å². The van der Waals surface area contributed by atoms with Crippen LogP contribution in [0.3, 0.4) is 0 Å². The van der Waals surface area contributed by atoms with Crippen LogP contribution in [0.15, 0.2) is 18.2 Å². The van der Waals surface area contributed by atoms with Crippen molar-refractivity contribution in [3.63, 3.8) is 0 Å². The lowest BCUT2D eigenvalue weighted by atomic mass is 9.87. The number of nitrogens with two attached hydrogens (primary N) is 1. The van der Waals surface area contributed by atoms with Crippen molar-refractivity contribution in [3.05, 3.63) is 23.8 Å². The van der Waals surface area contributed by atoms with E-state index in [0.29, 0.717) is 12.5 Å².